The van der Waals surface area contributed by atoms with Crippen molar-refractivity contribution in [2.24, 2.45) is 5.92 Å². The molecule has 1 aliphatic heterocycles. The highest BCUT2D eigenvalue weighted by Crippen LogP contribution is 2.17. The third-order valence-electron chi connectivity index (χ3n) is 3.97. The van der Waals surface area contributed by atoms with Gasteiger partial charge in [0.2, 0.25) is 0 Å². The Balaban J connectivity index is 1.68. The van der Waals surface area contributed by atoms with Gasteiger partial charge < -0.3 is 20.1 Å². The molecule has 0 aromatic heterocycles. The maximum atomic E-state index is 12.0. The number of piperidine rings is 1. The predicted octanol–water partition coefficient (Wildman–Crippen LogP) is 2.19. The van der Waals surface area contributed by atoms with E-state index in [1.807, 2.05) is 26.0 Å². The van der Waals surface area contributed by atoms with E-state index in [9.17, 15) is 9.59 Å². The lowest BCUT2D eigenvalue weighted by Gasteiger charge is -2.30. The van der Waals surface area contributed by atoms with Crippen LogP contribution in [0.4, 0.5) is 4.79 Å². The average molecular weight is 320 g/mol. The van der Waals surface area contributed by atoms with E-state index in [1.165, 1.54) is 0 Å². The van der Waals surface area contributed by atoms with Gasteiger partial charge in [-0.05, 0) is 49.9 Å². The number of urea groups is 1. The Morgan fingerprint density at radius 3 is 2.39 bits per heavy atom. The maximum Gasteiger partial charge on any atom is 0.317 e. The van der Waals surface area contributed by atoms with E-state index in [0.29, 0.717) is 39.1 Å². The van der Waals surface area contributed by atoms with Crippen molar-refractivity contribution >= 4 is 12.0 Å². The normalized spacial score (nSPS) is 15.3. The second kappa shape index (κ2) is 7.85. The molecule has 6 heteroatoms. The van der Waals surface area contributed by atoms with E-state index in [2.05, 4.69) is 11.4 Å². The minimum atomic E-state index is -0.771. The van der Waals surface area contributed by atoms with E-state index in [1.54, 1.807) is 4.90 Å². The summed E-state index contributed by atoms with van der Waals surface area (Å²) in [5.74, 6) is -0.294. The molecule has 0 saturated carbocycles. The van der Waals surface area contributed by atoms with Crippen LogP contribution in [0.3, 0.4) is 0 Å². The molecule has 0 spiro atoms. The summed E-state index contributed by atoms with van der Waals surface area (Å²) < 4.78 is 5.64. The summed E-state index contributed by atoms with van der Waals surface area (Å²) in [6.45, 7) is 5.83. The lowest BCUT2D eigenvalue weighted by Crippen LogP contribution is -2.46. The Labute approximate surface area is 136 Å². The Morgan fingerprint density at radius 2 is 1.83 bits per heavy atom. The van der Waals surface area contributed by atoms with Gasteiger partial charge in [0, 0.05) is 13.1 Å². The summed E-state index contributed by atoms with van der Waals surface area (Å²) >= 11 is 0. The van der Waals surface area contributed by atoms with Crippen LogP contribution in [0.1, 0.15) is 24.0 Å². The van der Waals surface area contributed by atoms with E-state index in [0.717, 1.165) is 16.9 Å². The number of aryl methyl sites for hydroxylation is 2. The van der Waals surface area contributed by atoms with Gasteiger partial charge in [0.25, 0.3) is 0 Å². The van der Waals surface area contributed by atoms with Crippen molar-refractivity contribution in [3.63, 3.8) is 0 Å². The van der Waals surface area contributed by atoms with Gasteiger partial charge in [-0.1, -0.05) is 6.07 Å². The molecule has 0 bridgehead atoms. The molecule has 2 rings (SSSR count). The van der Waals surface area contributed by atoms with Crippen molar-refractivity contribution in [1.29, 1.82) is 0 Å². The second-order valence-electron chi connectivity index (χ2n) is 6.00. The first kappa shape index (κ1) is 17.1. The first-order valence-electron chi connectivity index (χ1n) is 7.92. The third kappa shape index (κ3) is 5.16. The minimum Gasteiger partial charge on any atom is -0.492 e. The first-order chi connectivity index (χ1) is 11.0. The van der Waals surface area contributed by atoms with Crippen molar-refractivity contribution in [1.82, 2.24) is 10.2 Å². The van der Waals surface area contributed by atoms with E-state index in [4.69, 9.17) is 9.84 Å². The van der Waals surface area contributed by atoms with Gasteiger partial charge in [-0.25, -0.2) is 4.79 Å². The standard InChI is InChI=1S/C17H24N2O4/c1-12-9-13(2)11-15(10-12)23-8-5-18-17(22)19-6-3-14(4-7-19)16(20)21/h9-11,14H,3-8H2,1-2H3,(H,18,22)(H,20,21). The fraction of sp³-hybridized carbons (Fsp3) is 0.529. The molecule has 126 valence electrons. The van der Waals surface area contributed by atoms with Crippen LogP contribution in [-0.4, -0.2) is 48.2 Å². The van der Waals surface area contributed by atoms with Crippen molar-refractivity contribution in [3.05, 3.63) is 29.3 Å². The number of ether oxygens (including phenoxy) is 1. The Hall–Kier alpha value is -2.24. The molecule has 0 atom stereocenters. The number of nitrogens with one attached hydrogen (secondary N) is 1. The highest BCUT2D eigenvalue weighted by Gasteiger charge is 2.26. The largest absolute Gasteiger partial charge is 0.492 e. The fourth-order valence-corrected chi connectivity index (χ4v) is 2.78. The number of rotatable bonds is 5. The number of amides is 2. The zero-order valence-electron chi connectivity index (χ0n) is 13.7. The van der Waals surface area contributed by atoms with Gasteiger partial charge >= 0.3 is 12.0 Å². The number of carbonyl (C=O) groups excluding carboxylic acids is 1. The van der Waals surface area contributed by atoms with Gasteiger partial charge in [0.15, 0.2) is 0 Å². The molecular weight excluding hydrogens is 296 g/mol. The van der Waals surface area contributed by atoms with Crippen LogP contribution in [0, 0.1) is 19.8 Å². The lowest BCUT2D eigenvalue weighted by atomic mass is 9.97. The first-order valence-corrected chi connectivity index (χ1v) is 7.92. The molecule has 2 amide bonds. The van der Waals surface area contributed by atoms with Crippen LogP contribution in [0.5, 0.6) is 5.75 Å². The highest BCUT2D eigenvalue weighted by molar-refractivity contribution is 5.75. The number of carboxylic acids is 1. The van der Waals surface area contributed by atoms with Gasteiger partial charge in [0.1, 0.15) is 12.4 Å². The van der Waals surface area contributed by atoms with E-state index < -0.39 is 5.97 Å². The molecular formula is C17H24N2O4. The van der Waals surface area contributed by atoms with Crippen LogP contribution >= 0.6 is 0 Å². The smallest absolute Gasteiger partial charge is 0.317 e. The molecule has 1 heterocycles. The summed E-state index contributed by atoms with van der Waals surface area (Å²) in [6.07, 6.45) is 1.03. The van der Waals surface area contributed by atoms with Crippen LogP contribution in [0.2, 0.25) is 0 Å². The van der Waals surface area contributed by atoms with Crippen molar-refractivity contribution in [2.75, 3.05) is 26.2 Å². The average Bonchev–Trinajstić information content (AvgIpc) is 2.50. The van der Waals surface area contributed by atoms with E-state index >= 15 is 0 Å². The molecule has 6 nitrogen and oxygen atoms in total. The summed E-state index contributed by atoms with van der Waals surface area (Å²) in [4.78, 5) is 24.6. The second-order valence-corrected chi connectivity index (χ2v) is 6.00. The Morgan fingerprint density at radius 1 is 1.22 bits per heavy atom. The zero-order chi connectivity index (χ0) is 16.8. The molecule has 1 aromatic rings. The monoisotopic (exact) mass is 320 g/mol. The molecule has 0 aliphatic carbocycles. The minimum absolute atomic E-state index is 0.155. The molecule has 0 radical (unpaired) electrons. The number of carboxylic acid groups (broad SMARTS) is 1. The van der Waals surface area contributed by atoms with Crippen molar-refractivity contribution in [2.45, 2.75) is 26.7 Å². The predicted molar refractivity (Wildman–Crippen MR) is 86.7 cm³/mol. The van der Waals surface area contributed by atoms with Gasteiger partial charge in [0.05, 0.1) is 12.5 Å². The van der Waals surface area contributed by atoms with Crippen LogP contribution in [-0.2, 0) is 4.79 Å². The summed E-state index contributed by atoms with van der Waals surface area (Å²) in [7, 11) is 0. The molecule has 2 N–H and O–H groups in total. The van der Waals surface area contributed by atoms with E-state index in [-0.39, 0.29) is 11.9 Å². The molecule has 1 fully saturated rings. The quantitative estimate of drug-likeness (QED) is 0.815. The molecule has 1 saturated heterocycles. The number of likely N-dealkylation sites (tertiary alicyclic amines) is 1. The fourth-order valence-electron chi connectivity index (χ4n) is 2.78. The zero-order valence-corrected chi connectivity index (χ0v) is 13.7. The number of carbonyl (C=O) groups is 2. The van der Waals surface area contributed by atoms with Crippen LogP contribution in [0.15, 0.2) is 18.2 Å². The van der Waals surface area contributed by atoms with Crippen LogP contribution < -0.4 is 10.1 Å². The number of hydrogen-bond acceptors (Lipinski definition) is 3. The summed E-state index contributed by atoms with van der Waals surface area (Å²) in [5, 5.41) is 11.8. The Kier molecular flexibility index (Phi) is 5.84. The highest BCUT2D eigenvalue weighted by atomic mass is 16.5. The van der Waals surface area contributed by atoms with Gasteiger partial charge in [-0.2, -0.15) is 0 Å². The molecule has 0 unspecified atom stereocenters. The van der Waals surface area contributed by atoms with Gasteiger partial charge in [-0.3, -0.25) is 4.79 Å². The number of hydrogen-bond donors (Lipinski definition) is 2. The summed E-state index contributed by atoms with van der Waals surface area (Å²) in [5.41, 5.74) is 2.29. The number of benzene rings is 1. The SMILES string of the molecule is Cc1cc(C)cc(OCCNC(=O)N2CCC(C(=O)O)CC2)c1. The number of nitrogens with zero attached hydrogens (tertiary/aromatic N) is 1. The summed E-state index contributed by atoms with van der Waals surface area (Å²) in [6, 6.07) is 5.85. The van der Waals surface area contributed by atoms with Crippen molar-refractivity contribution in [3.8, 4) is 5.75 Å². The maximum absolute atomic E-state index is 12.0. The van der Waals surface area contributed by atoms with Crippen LogP contribution in [0.25, 0.3) is 0 Å². The topological polar surface area (TPSA) is 78.9 Å². The molecule has 1 aliphatic rings. The van der Waals surface area contributed by atoms with Crippen molar-refractivity contribution < 1.29 is 19.4 Å². The third-order valence-corrected chi connectivity index (χ3v) is 3.97. The van der Waals surface area contributed by atoms with Gasteiger partial charge in [-0.15, -0.1) is 0 Å². The molecule has 1 aromatic carbocycles. The number of aliphatic carboxylic acids is 1. The lowest BCUT2D eigenvalue weighted by molar-refractivity contribution is -0.143. The molecule has 23 heavy (non-hydrogen) atoms. The Bertz CT molecular complexity index is 545.